The van der Waals surface area contributed by atoms with Gasteiger partial charge in [0.1, 0.15) is 12.6 Å². The fourth-order valence-corrected chi connectivity index (χ4v) is 5.94. The third kappa shape index (κ3) is 7.69. The zero-order valence-electron chi connectivity index (χ0n) is 22.7. The summed E-state index contributed by atoms with van der Waals surface area (Å²) in [5.74, 6) is -0.974. The molecule has 3 rings (SSSR count). The van der Waals surface area contributed by atoms with E-state index in [1.807, 2.05) is 13.8 Å². The van der Waals surface area contributed by atoms with E-state index in [0.717, 1.165) is 9.87 Å². The molecule has 0 radical (unpaired) electrons. The van der Waals surface area contributed by atoms with Gasteiger partial charge in [-0.2, -0.15) is 0 Å². The number of nitrogens with one attached hydrogen (secondary N) is 1. The van der Waals surface area contributed by atoms with E-state index < -0.39 is 28.5 Å². The SMILES string of the molecule is CC[C@@H](C)NC(=O)[C@H](C)N(Cc1ccc(Cl)cc1Cl)C(=O)CN(c1ccc(C)c(Cl)c1)S(=O)(=O)c1ccccc1. The smallest absolute Gasteiger partial charge is 0.264 e. The lowest BCUT2D eigenvalue weighted by Crippen LogP contribution is -2.52. The lowest BCUT2D eigenvalue weighted by Gasteiger charge is -2.32. The van der Waals surface area contributed by atoms with E-state index in [-0.39, 0.29) is 29.1 Å². The molecule has 214 valence electrons. The molecule has 2 amide bonds. The lowest BCUT2D eigenvalue weighted by molar-refractivity contribution is -0.139. The number of benzene rings is 3. The van der Waals surface area contributed by atoms with Crippen molar-refractivity contribution in [2.45, 2.75) is 57.6 Å². The Morgan fingerprint density at radius 2 is 1.60 bits per heavy atom. The standard InChI is InChI=1S/C29H32Cl3N3O4S/c1-5-20(3)33-29(37)21(4)34(17-22-12-13-23(30)15-27(22)32)28(36)18-35(24-14-11-19(2)26(31)16-24)40(38,39)25-9-7-6-8-10-25/h6-16,20-21H,5,17-18H2,1-4H3,(H,33,37)/t20-,21+/m1/s1. The van der Waals surface area contributed by atoms with Crippen molar-refractivity contribution < 1.29 is 18.0 Å². The maximum Gasteiger partial charge on any atom is 0.264 e. The second-order valence-corrected chi connectivity index (χ2v) is 12.6. The molecule has 40 heavy (non-hydrogen) atoms. The molecule has 0 bridgehead atoms. The summed E-state index contributed by atoms with van der Waals surface area (Å²) < 4.78 is 28.6. The van der Waals surface area contributed by atoms with Crippen molar-refractivity contribution in [2.24, 2.45) is 0 Å². The summed E-state index contributed by atoms with van der Waals surface area (Å²) in [4.78, 5) is 28.4. The van der Waals surface area contributed by atoms with Gasteiger partial charge in [0.05, 0.1) is 10.6 Å². The van der Waals surface area contributed by atoms with Crippen molar-refractivity contribution >= 4 is 62.3 Å². The van der Waals surface area contributed by atoms with Crippen LogP contribution in [0.5, 0.6) is 0 Å². The number of halogens is 3. The number of nitrogens with zero attached hydrogens (tertiary/aromatic N) is 2. The Kier molecular flexibility index (Phi) is 10.9. The average molecular weight is 625 g/mol. The van der Waals surface area contributed by atoms with Crippen molar-refractivity contribution in [1.29, 1.82) is 0 Å². The van der Waals surface area contributed by atoms with E-state index in [4.69, 9.17) is 34.8 Å². The Morgan fingerprint density at radius 3 is 2.20 bits per heavy atom. The van der Waals surface area contributed by atoms with Gasteiger partial charge in [0, 0.05) is 27.7 Å². The summed E-state index contributed by atoms with van der Waals surface area (Å²) in [6.07, 6.45) is 0.701. The minimum absolute atomic E-state index is 0.00866. The topological polar surface area (TPSA) is 86.8 Å². The first kappa shape index (κ1) is 31.7. The number of amides is 2. The first-order valence-electron chi connectivity index (χ1n) is 12.7. The molecule has 0 aliphatic heterocycles. The van der Waals surface area contributed by atoms with Crippen LogP contribution >= 0.6 is 34.8 Å². The molecule has 1 N–H and O–H groups in total. The normalized spacial score (nSPS) is 12.9. The van der Waals surface area contributed by atoms with Crippen LogP contribution in [0, 0.1) is 6.92 Å². The largest absolute Gasteiger partial charge is 0.352 e. The van der Waals surface area contributed by atoms with Crippen molar-refractivity contribution in [3.05, 3.63) is 92.9 Å². The first-order chi connectivity index (χ1) is 18.8. The summed E-state index contributed by atoms with van der Waals surface area (Å²) >= 11 is 18.8. The Morgan fingerprint density at radius 1 is 0.925 bits per heavy atom. The van der Waals surface area contributed by atoms with Gasteiger partial charge in [-0.3, -0.25) is 13.9 Å². The number of rotatable bonds is 11. The summed E-state index contributed by atoms with van der Waals surface area (Å²) in [5.41, 5.74) is 1.52. The molecule has 2 atom stereocenters. The van der Waals surface area contributed by atoms with Crippen LogP contribution in [0.1, 0.15) is 38.3 Å². The minimum Gasteiger partial charge on any atom is -0.352 e. The van der Waals surface area contributed by atoms with Crippen molar-refractivity contribution in [2.75, 3.05) is 10.8 Å². The molecule has 0 spiro atoms. The van der Waals surface area contributed by atoms with Gasteiger partial charge in [-0.05, 0) is 74.7 Å². The van der Waals surface area contributed by atoms with E-state index in [1.54, 1.807) is 62.4 Å². The van der Waals surface area contributed by atoms with Crippen LogP contribution in [0.2, 0.25) is 15.1 Å². The van der Waals surface area contributed by atoms with Crippen LogP contribution in [-0.2, 0) is 26.2 Å². The molecule has 3 aromatic rings. The average Bonchev–Trinajstić information content (AvgIpc) is 2.92. The molecule has 11 heteroatoms. The van der Waals surface area contributed by atoms with Gasteiger partial charge in [0.2, 0.25) is 11.8 Å². The van der Waals surface area contributed by atoms with Gasteiger partial charge in [-0.15, -0.1) is 0 Å². The predicted octanol–water partition coefficient (Wildman–Crippen LogP) is 6.48. The molecule has 0 aliphatic carbocycles. The molecule has 7 nitrogen and oxygen atoms in total. The molecule has 0 aliphatic rings. The molecular formula is C29H32Cl3N3O4S. The highest BCUT2D eigenvalue weighted by Gasteiger charge is 2.33. The highest BCUT2D eigenvalue weighted by Crippen LogP contribution is 2.29. The number of hydrogen-bond acceptors (Lipinski definition) is 4. The van der Waals surface area contributed by atoms with Crippen LogP contribution in [-0.4, -0.2) is 43.8 Å². The Hall–Kier alpha value is -2.78. The predicted molar refractivity (Wildman–Crippen MR) is 162 cm³/mol. The monoisotopic (exact) mass is 623 g/mol. The molecule has 0 heterocycles. The highest BCUT2D eigenvalue weighted by molar-refractivity contribution is 7.92. The van der Waals surface area contributed by atoms with E-state index >= 15 is 0 Å². The summed E-state index contributed by atoms with van der Waals surface area (Å²) in [5, 5.41) is 3.98. The zero-order valence-corrected chi connectivity index (χ0v) is 25.8. The van der Waals surface area contributed by atoms with E-state index in [9.17, 15) is 18.0 Å². The first-order valence-corrected chi connectivity index (χ1v) is 15.3. The highest BCUT2D eigenvalue weighted by atomic mass is 35.5. The maximum atomic E-state index is 14.0. The fraction of sp³-hybridized carbons (Fsp3) is 0.310. The fourth-order valence-electron chi connectivity index (χ4n) is 3.87. The second-order valence-electron chi connectivity index (χ2n) is 9.51. The van der Waals surface area contributed by atoms with Crippen molar-refractivity contribution in [1.82, 2.24) is 10.2 Å². The summed E-state index contributed by atoms with van der Waals surface area (Å²) in [6.45, 7) is 6.56. The Balaban J connectivity index is 2.06. The number of aryl methyl sites for hydroxylation is 1. The molecule has 0 aromatic heterocycles. The van der Waals surface area contributed by atoms with Gasteiger partial charge in [-0.1, -0.05) is 72.1 Å². The number of anilines is 1. The van der Waals surface area contributed by atoms with Gasteiger partial charge in [0.25, 0.3) is 10.0 Å². The van der Waals surface area contributed by atoms with Crippen LogP contribution in [0.25, 0.3) is 0 Å². The lowest BCUT2D eigenvalue weighted by atomic mass is 10.1. The third-order valence-electron chi connectivity index (χ3n) is 6.58. The number of carbonyl (C=O) groups excluding carboxylic acids is 2. The van der Waals surface area contributed by atoms with E-state index in [2.05, 4.69) is 5.32 Å². The summed E-state index contributed by atoms with van der Waals surface area (Å²) in [7, 11) is -4.18. The molecule has 0 unspecified atom stereocenters. The Bertz CT molecular complexity index is 1470. The summed E-state index contributed by atoms with van der Waals surface area (Å²) in [6, 6.07) is 16.4. The van der Waals surface area contributed by atoms with Crippen LogP contribution in [0.4, 0.5) is 5.69 Å². The maximum absolute atomic E-state index is 14.0. The van der Waals surface area contributed by atoms with Crippen LogP contribution in [0.3, 0.4) is 0 Å². The second kappa shape index (κ2) is 13.7. The van der Waals surface area contributed by atoms with E-state index in [1.165, 1.54) is 23.1 Å². The quantitative estimate of drug-likeness (QED) is 0.265. The van der Waals surface area contributed by atoms with Gasteiger partial charge in [-0.25, -0.2) is 8.42 Å². The van der Waals surface area contributed by atoms with E-state index in [0.29, 0.717) is 27.1 Å². The number of carbonyl (C=O) groups is 2. The number of hydrogen-bond donors (Lipinski definition) is 1. The molecule has 0 fully saturated rings. The number of sulfonamides is 1. The van der Waals surface area contributed by atoms with Crippen molar-refractivity contribution in [3.8, 4) is 0 Å². The van der Waals surface area contributed by atoms with Gasteiger partial charge in [0.15, 0.2) is 0 Å². The van der Waals surface area contributed by atoms with Crippen LogP contribution < -0.4 is 9.62 Å². The molecule has 3 aromatic carbocycles. The van der Waals surface area contributed by atoms with Gasteiger partial charge < -0.3 is 10.2 Å². The third-order valence-corrected chi connectivity index (χ3v) is 9.36. The minimum atomic E-state index is -4.18. The van der Waals surface area contributed by atoms with Gasteiger partial charge >= 0.3 is 0 Å². The molecule has 0 saturated carbocycles. The molecular weight excluding hydrogens is 593 g/mol. The van der Waals surface area contributed by atoms with Crippen LogP contribution in [0.15, 0.2) is 71.6 Å². The molecule has 0 saturated heterocycles. The zero-order chi connectivity index (χ0) is 29.6. The Labute approximate surface area is 251 Å². The van der Waals surface area contributed by atoms with Crippen molar-refractivity contribution in [3.63, 3.8) is 0 Å².